The summed E-state index contributed by atoms with van der Waals surface area (Å²) in [7, 11) is -4.31. The number of hydrogen-bond donors (Lipinski definition) is 0. The number of nitrogens with zero attached hydrogens (tertiary/aromatic N) is 4. The molecular formula is C19H10Cl2N4O4S2. The molecule has 0 N–H and O–H groups in total. The largest absolute Gasteiger partial charge is 0.283 e. The first-order valence-electron chi connectivity index (χ1n) is 8.27. The lowest BCUT2D eigenvalue weighted by Crippen LogP contribution is -2.04. The van der Waals surface area contributed by atoms with Gasteiger partial charge in [-0.15, -0.1) is 0 Å². The molecule has 8 nitrogen and oxygen atoms in total. The van der Waals surface area contributed by atoms with Gasteiger partial charge in [-0.1, -0.05) is 29.3 Å². The van der Waals surface area contributed by atoms with E-state index in [4.69, 9.17) is 23.2 Å². The molecule has 156 valence electrons. The maximum atomic E-state index is 12.9. The zero-order valence-corrected chi connectivity index (χ0v) is 18.4. The van der Waals surface area contributed by atoms with E-state index < -0.39 is 19.7 Å². The number of halogens is 2. The zero-order chi connectivity index (χ0) is 22.6. The molecule has 0 unspecified atom stereocenters. The van der Waals surface area contributed by atoms with Gasteiger partial charge in [-0.3, -0.25) is 10.1 Å². The number of benzene rings is 2. The average molecular weight is 493 g/mol. The maximum absolute atomic E-state index is 12.9. The van der Waals surface area contributed by atoms with Crippen molar-refractivity contribution in [3.05, 3.63) is 85.5 Å². The molecule has 0 radical (unpaired) electrons. The number of sulfone groups is 1. The molecule has 0 aliphatic rings. The molecule has 0 aliphatic carbocycles. The molecule has 0 fully saturated rings. The number of allylic oxidation sites excluding steroid dienone is 1. The van der Waals surface area contributed by atoms with Crippen LogP contribution >= 0.6 is 35.0 Å². The number of rotatable bonds is 6. The summed E-state index contributed by atoms with van der Waals surface area (Å²) in [5.41, 5.74) is -0.148. The van der Waals surface area contributed by atoms with Crippen LogP contribution in [0.4, 0.5) is 5.69 Å². The Labute approximate surface area is 191 Å². The van der Waals surface area contributed by atoms with Gasteiger partial charge >= 0.3 is 0 Å². The van der Waals surface area contributed by atoms with Gasteiger partial charge in [0.05, 0.1) is 19.7 Å². The molecule has 0 saturated heterocycles. The van der Waals surface area contributed by atoms with Gasteiger partial charge in [-0.25, -0.2) is 18.4 Å². The van der Waals surface area contributed by atoms with Gasteiger partial charge in [0.1, 0.15) is 11.0 Å². The van der Waals surface area contributed by atoms with E-state index in [1.165, 1.54) is 36.7 Å². The lowest BCUT2D eigenvalue weighted by atomic mass is 10.2. The predicted octanol–water partition coefficient (Wildman–Crippen LogP) is 5.18. The van der Waals surface area contributed by atoms with Crippen LogP contribution in [0.25, 0.3) is 6.08 Å². The van der Waals surface area contributed by atoms with Crippen LogP contribution < -0.4 is 0 Å². The van der Waals surface area contributed by atoms with Crippen LogP contribution in [0.1, 0.15) is 5.56 Å². The molecular weight excluding hydrogens is 483 g/mol. The van der Waals surface area contributed by atoms with E-state index in [0.29, 0.717) is 5.16 Å². The first-order chi connectivity index (χ1) is 14.7. The topological polar surface area (TPSA) is 127 Å². The Morgan fingerprint density at radius 1 is 1.16 bits per heavy atom. The van der Waals surface area contributed by atoms with Gasteiger partial charge in [0.2, 0.25) is 9.84 Å². The van der Waals surface area contributed by atoms with Crippen LogP contribution in [-0.4, -0.2) is 23.3 Å². The Morgan fingerprint density at radius 3 is 2.52 bits per heavy atom. The minimum atomic E-state index is -4.31. The van der Waals surface area contributed by atoms with Crippen molar-refractivity contribution in [3.8, 4) is 6.07 Å². The lowest BCUT2D eigenvalue weighted by Gasteiger charge is -2.07. The van der Waals surface area contributed by atoms with Gasteiger partial charge < -0.3 is 0 Å². The van der Waals surface area contributed by atoms with Gasteiger partial charge in [-0.2, -0.15) is 5.26 Å². The van der Waals surface area contributed by atoms with Crippen molar-refractivity contribution < 1.29 is 13.3 Å². The number of nitriles is 1. The molecule has 0 aliphatic heterocycles. The molecule has 0 amide bonds. The number of nitro groups is 1. The third kappa shape index (κ3) is 5.21. The summed E-state index contributed by atoms with van der Waals surface area (Å²) in [6, 6.07) is 11.1. The number of nitro benzene ring substituents is 1. The second-order valence-corrected chi connectivity index (χ2v) is 9.56. The van der Waals surface area contributed by atoms with E-state index in [1.54, 1.807) is 12.1 Å². The van der Waals surface area contributed by atoms with Crippen molar-refractivity contribution in [2.75, 3.05) is 0 Å². The molecule has 3 aromatic rings. The van der Waals surface area contributed by atoms with E-state index >= 15 is 0 Å². The minimum absolute atomic E-state index is 0.105. The molecule has 0 atom stereocenters. The molecule has 2 aromatic carbocycles. The second-order valence-electron chi connectivity index (χ2n) is 5.82. The zero-order valence-electron chi connectivity index (χ0n) is 15.3. The highest BCUT2D eigenvalue weighted by Gasteiger charge is 2.25. The third-order valence-corrected chi connectivity index (χ3v) is 7.14. The third-order valence-electron chi connectivity index (χ3n) is 3.80. The quantitative estimate of drug-likeness (QED) is 0.199. The summed E-state index contributed by atoms with van der Waals surface area (Å²) in [5.74, 6) is 0. The highest BCUT2D eigenvalue weighted by molar-refractivity contribution is 7.99. The molecule has 3 rings (SSSR count). The summed E-state index contributed by atoms with van der Waals surface area (Å²) in [5, 5.41) is 21.3. The molecule has 1 heterocycles. The minimum Gasteiger partial charge on any atom is -0.258 e. The van der Waals surface area contributed by atoms with Crippen LogP contribution in [0.2, 0.25) is 10.0 Å². The first-order valence-corrected chi connectivity index (χ1v) is 11.3. The van der Waals surface area contributed by atoms with Crippen molar-refractivity contribution in [2.45, 2.75) is 14.9 Å². The lowest BCUT2D eigenvalue weighted by molar-refractivity contribution is -0.387. The van der Waals surface area contributed by atoms with Crippen LogP contribution in [0.3, 0.4) is 0 Å². The van der Waals surface area contributed by atoms with E-state index in [0.717, 1.165) is 30.0 Å². The van der Waals surface area contributed by atoms with Gasteiger partial charge in [0.25, 0.3) is 5.69 Å². The number of aromatic nitrogens is 2. The fourth-order valence-corrected chi connectivity index (χ4v) is 5.12. The van der Waals surface area contributed by atoms with E-state index in [1.807, 2.05) is 0 Å². The van der Waals surface area contributed by atoms with Gasteiger partial charge in [0, 0.05) is 23.5 Å². The number of hydrogen-bond acceptors (Lipinski definition) is 8. The fraction of sp³-hybridized carbons (Fsp3) is 0. The van der Waals surface area contributed by atoms with Crippen LogP contribution in [-0.2, 0) is 9.84 Å². The van der Waals surface area contributed by atoms with Gasteiger partial charge in [0.15, 0.2) is 5.16 Å². The van der Waals surface area contributed by atoms with Crippen LogP contribution in [0.5, 0.6) is 0 Å². The standard InChI is InChI=1S/C19H10Cl2N4O4S2/c20-13-3-4-15(21)18(10-13)31(28,29)14(11-22)8-12-2-5-17(16(9-12)25(26)27)30-19-23-6-1-7-24-19/h1-10H/b14-8+. The SMILES string of the molecule is N#C/C(=C\c1ccc(Sc2ncccn2)c([N+](=O)[O-])c1)S(=O)(=O)c1cc(Cl)ccc1Cl. The fourth-order valence-electron chi connectivity index (χ4n) is 2.41. The summed E-state index contributed by atoms with van der Waals surface area (Å²) in [6.07, 6.45) is 4.04. The normalized spacial score (nSPS) is 11.7. The molecule has 0 spiro atoms. The summed E-state index contributed by atoms with van der Waals surface area (Å²) >= 11 is 12.8. The van der Waals surface area contributed by atoms with E-state index in [2.05, 4.69) is 9.97 Å². The maximum Gasteiger partial charge on any atom is 0.283 e. The Morgan fingerprint density at radius 2 is 1.87 bits per heavy atom. The second kappa shape index (κ2) is 9.45. The van der Waals surface area contributed by atoms with Crippen molar-refractivity contribution in [1.82, 2.24) is 9.97 Å². The molecule has 1 aromatic heterocycles. The smallest absolute Gasteiger partial charge is 0.258 e. The summed E-state index contributed by atoms with van der Waals surface area (Å²) in [4.78, 5) is 18.2. The Kier molecular flexibility index (Phi) is 6.92. The molecule has 12 heteroatoms. The highest BCUT2D eigenvalue weighted by Crippen LogP contribution is 2.35. The summed E-state index contributed by atoms with van der Waals surface area (Å²) in [6.45, 7) is 0. The van der Waals surface area contributed by atoms with Crippen molar-refractivity contribution in [3.63, 3.8) is 0 Å². The van der Waals surface area contributed by atoms with E-state index in [-0.39, 0.29) is 31.1 Å². The Balaban J connectivity index is 2.05. The van der Waals surface area contributed by atoms with Crippen LogP contribution in [0.15, 0.2) is 74.7 Å². The Hall–Kier alpha value is -2.97. The molecule has 31 heavy (non-hydrogen) atoms. The van der Waals surface area contributed by atoms with Crippen molar-refractivity contribution >= 4 is 56.6 Å². The Bertz CT molecular complexity index is 1340. The van der Waals surface area contributed by atoms with Crippen LogP contribution in [0, 0.1) is 21.4 Å². The monoisotopic (exact) mass is 492 g/mol. The summed E-state index contributed by atoms with van der Waals surface area (Å²) < 4.78 is 25.8. The van der Waals surface area contributed by atoms with Crippen molar-refractivity contribution in [2.24, 2.45) is 0 Å². The highest BCUT2D eigenvalue weighted by atomic mass is 35.5. The van der Waals surface area contributed by atoms with Gasteiger partial charge in [-0.05, 0) is 53.7 Å². The molecule has 0 saturated carbocycles. The van der Waals surface area contributed by atoms with Crippen molar-refractivity contribution in [1.29, 1.82) is 5.26 Å². The first kappa shape index (κ1) is 22.7. The molecule has 0 bridgehead atoms. The predicted molar refractivity (Wildman–Crippen MR) is 116 cm³/mol. The van der Waals surface area contributed by atoms with E-state index in [9.17, 15) is 23.8 Å². The average Bonchev–Trinajstić information content (AvgIpc) is 2.75.